The highest BCUT2D eigenvalue weighted by atomic mass is 16.2. The van der Waals surface area contributed by atoms with E-state index < -0.39 is 0 Å². The SMILES string of the molecule is CC/C=C1/CC/C1=C/CO. The van der Waals surface area contributed by atoms with Crippen LogP contribution >= 0.6 is 0 Å². The van der Waals surface area contributed by atoms with Gasteiger partial charge < -0.3 is 5.11 Å². The standard InChI is InChI=1S/C9H14O/c1-2-3-8-4-5-9(8)6-7-10/h3,6,10H,2,4-5,7H2,1H3/b8-3-,9-6-. The van der Waals surface area contributed by atoms with E-state index in [1.54, 1.807) is 0 Å². The largest absolute Gasteiger partial charge is 0.392 e. The van der Waals surface area contributed by atoms with E-state index >= 15 is 0 Å². The lowest BCUT2D eigenvalue weighted by Crippen LogP contribution is -2.03. The molecule has 1 fully saturated rings. The maximum Gasteiger partial charge on any atom is 0.0618 e. The van der Waals surface area contributed by atoms with E-state index in [4.69, 9.17) is 5.11 Å². The zero-order valence-corrected chi connectivity index (χ0v) is 6.43. The molecule has 1 heteroatoms. The first-order chi connectivity index (χ1) is 4.88. The van der Waals surface area contributed by atoms with Crippen LogP contribution in [0.5, 0.6) is 0 Å². The van der Waals surface area contributed by atoms with Crippen LogP contribution in [0.1, 0.15) is 26.2 Å². The van der Waals surface area contributed by atoms with E-state index in [0.717, 1.165) is 12.8 Å². The molecular weight excluding hydrogens is 124 g/mol. The van der Waals surface area contributed by atoms with Crippen LogP contribution in [0.2, 0.25) is 0 Å². The molecule has 56 valence electrons. The van der Waals surface area contributed by atoms with Gasteiger partial charge in [0, 0.05) is 0 Å². The minimum atomic E-state index is 0.191. The average molecular weight is 138 g/mol. The molecule has 1 aliphatic rings. The second kappa shape index (κ2) is 3.57. The maximum atomic E-state index is 8.58. The number of rotatable bonds is 2. The van der Waals surface area contributed by atoms with Crippen molar-refractivity contribution in [3.05, 3.63) is 23.3 Å². The molecule has 1 N–H and O–H groups in total. The Bertz CT molecular complexity index is 146. The van der Waals surface area contributed by atoms with E-state index in [-0.39, 0.29) is 6.61 Å². The van der Waals surface area contributed by atoms with Crippen molar-refractivity contribution in [1.82, 2.24) is 0 Å². The van der Waals surface area contributed by atoms with Gasteiger partial charge in [-0.05, 0) is 30.4 Å². The minimum Gasteiger partial charge on any atom is -0.392 e. The van der Waals surface area contributed by atoms with Gasteiger partial charge in [-0.15, -0.1) is 0 Å². The normalized spacial score (nSPS) is 25.4. The van der Waals surface area contributed by atoms with Crippen LogP contribution in [-0.2, 0) is 0 Å². The van der Waals surface area contributed by atoms with Gasteiger partial charge in [0.25, 0.3) is 0 Å². The van der Waals surface area contributed by atoms with Gasteiger partial charge in [-0.25, -0.2) is 0 Å². The van der Waals surface area contributed by atoms with Crippen molar-refractivity contribution in [2.24, 2.45) is 0 Å². The molecule has 1 rings (SSSR count). The summed E-state index contributed by atoms with van der Waals surface area (Å²) < 4.78 is 0. The molecular formula is C9H14O. The fourth-order valence-electron chi connectivity index (χ4n) is 1.24. The van der Waals surface area contributed by atoms with Crippen LogP contribution in [-0.4, -0.2) is 11.7 Å². The van der Waals surface area contributed by atoms with Crippen molar-refractivity contribution in [2.75, 3.05) is 6.61 Å². The maximum absolute atomic E-state index is 8.58. The molecule has 0 amide bonds. The molecule has 0 bridgehead atoms. The number of aliphatic hydroxyl groups excluding tert-OH is 1. The van der Waals surface area contributed by atoms with Crippen molar-refractivity contribution in [2.45, 2.75) is 26.2 Å². The van der Waals surface area contributed by atoms with Crippen LogP contribution in [0.15, 0.2) is 23.3 Å². The fraction of sp³-hybridized carbons (Fsp3) is 0.556. The van der Waals surface area contributed by atoms with Gasteiger partial charge in [-0.1, -0.05) is 19.1 Å². The molecule has 0 aromatic rings. The predicted octanol–water partition coefficient (Wildman–Crippen LogP) is 2.04. The lowest BCUT2D eigenvalue weighted by Gasteiger charge is -2.21. The molecule has 10 heavy (non-hydrogen) atoms. The van der Waals surface area contributed by atoms with Gasteiger partial charge in [-0.3, -0.25) is 0 Å². The van der Waals surface area contributed by atoms with E-state index in [2.05, 4.69) is 13.0 Å². The highest BCUT2D eigenvalue weighted by Crippen LogP contribution is 2.32. The third-order valence-electron chi connectivity index (χ3n) is 1.86. The van der Waals surface area contributed by atoms with Crippen molar-refractivity contribution in [3.63, 3.8) is 0 Å². The Morgan fingerprint density at radius 1 is 1.30 bits per heavy atom. The molecule has 1 saturated carbocycles. The van der Waals surface area contributed by atoms with Gasteiger partial charge in [0.1, 0.15) is 0 Å². The average Bonchev–Trinajstić information content (AvgIpc) is 1.93. The Hall–Kier alpha value is -0.560. The Balaban J connectivity index is 2.50. The molecule has 0 spiro atoms. The van der Waals surface area contributed by atoms with Gasteiger partial charge in [0.2, 0.25) is 0 Å². The van der Waals surface area contributed by atoms with E-state index in [0.29, 0.717) is 0 Å². The Kier molecular flexibility index (Phi) is 2.69. The fourth-order valence-corrected chi connectivity index (χ4v) is 1.24. The minimum absolute atomic E-state index is 0.191. The van der Waals surface area contributed by atoms with E-state index in [1.807, 2.05) is 6.08 Å². The van der Waals surface area contributed by atoms with Crippen molar-refractivity contribution in [3.8, 4) is 0 Å². The Morgan fingerprint density at radius 2 is 1.90 bits per heavy atom. The lowest BCUT2D eigenvalue weighted by atomic mass is 9.85. The predicted molar refractivity (Wildman–Crippen MR) is 42.8 cm³/mol. The van der Waals surface area contributed by atoms with E-state index in [1.165, 1.54) is 17.6 Å². The van der Waals surface area contributed by atoms with E-state index in [9.17, 15) is 0 Å². The molecule has 0 heterocycles. The quantitative estimate of drug-likeness (QED) is 0.619. The van der Waals surface area contributed by atoms with Gasteiger partial charge in [0.05, 0.1) is 6.61 Å². The molecule has 1 aliphatic carbocycles. The summed E-state index contributed by atoms with van der Waals surface area (Å²) in [5.74, 6) is 0. The zero-order valence-electron chi connectivity index (χ0n) is 6.43. The molecule has 0 aliphatic heterocycles. The summed E-state index contributed by atoms with van der Waals surface area (Å²) in [6, 6.07) is 0. The van der Waals surface area contributed by atoms with Crippen molar-refractivity contribution < 1.29 is 5.11 Å². The monoisotopic (exact) mass is 138 g/mol. The summed E-state index contributed by atoms with van der Waals surface area (Å²) >= 11 is 0. The third-order valence-corrected chi connectivity index (χ3v) is 1.86. The number of hydrogen-bond acceptors (Lipinski definition) is 1. The second-order valence-corrected chi connectivity index (χ2v) is 2.55. The lowest BCUT2D eigenvalue weighted by molar-refractivity contribution is 0.341. The summed E-state index contributed by atoms with van der Waals surface area (Å²) in [5.41, 5.74) is 2.79. The van der Waals surface area contributed by atoms with Crippen LogP contribution in [0.25, 0.3) is 0 Å². The van der Waals surface area contributed by atoms with Crippen LogP contribution < -0.4 is 0 Å². The number of hydrogen-bond donors (Lipinski definition) is 1. The van der Waals surface area contributed by atoms with Gasteiger partial charge in [0.15, 0.2) is 0 Å². The molecule has 0 aromatic carbocycles. The molecule has 0 atom stereocenters. The summed E-state index contributed by atoms with van der Waals surface area (Å²) in [6.45, 7) is 2.33. The Labute approximate surface area is 62.1 Å². The summed E-state index contributed by atoms with van der Waals surface area (Å²) in [7, 11) is 0. The van der Waals surface area contributed by atoms with Crippen molar-refractivity contribution >= 4 is 0 Å². The van der Waals surface area contributed by atoms with Crippen LogP contribution in [0.4, 0.5) is 0 Å². The number of allylic oxidation sites excluding steroid dienone is 3. The topological polar surface area (TPSA) is 20.2 Å². The number of aliphatic hydroxyl groups is 1. The van der Waals surface area contributed by atoms with Gasteiger partial charge in [-0.2, -0.15) is 0 Å². The van der Waals surface area contributed by atoms with Crippen LogP contribution in [0.3, 0.4) is 0 Å². The summed E-state index contributed by atoms with van der Waals surface area (Å²) in [5, 5.41) is 8.58. The summed E-state index contributed by atoms with van der Waals surface area (Å²) in [4.78, 5) is 0. The first kappa shape index (κ1) is 7.55. The first-order valence-corrected chi connectivity index (χ1v) is 3.87. The first-order valence-electron chi connectivity index (χ1n) is 3.87. The third kappa shape index (κ3) is 1.48. The van der Waals surface area contributed by atoms with Crippen molar-refractivity contribution in [1.29, 1.82) is 0 Å². The van der Waals surface area contributed by atoms with Gasteiger partial charge >= 0.3 is 0 Å². The Morgan fingerprint density at radius 3 is 2.30 bits per heavy atom. The molecule has 1 nitrogen and oxygen atoms in total. The highest BCUT2D eigenvalue weighted by Gasteiger charge is 2.13. The molecule has 0 saturated heterocycles. The molecule has 0 aromatic heterocycles. The zero-order chi connectivity index (χ0) is 7.40. The molecule has 0 radical (unpaired) electrons. The molecule has 0 unspecified atom stereocenters. The summed E-state index contributed by atoms with van der Waals surface area (Å²) in [6.07, 6.45) is 7.63. The highest BCUT2D eigenvalue weighted by molar-refractivity contribution is 5.39. The van der Waals surface area contributed by atoms with Crippen LogP contribution in [0, 0.1) is 0 Å². The second-order valence-electron chi connectivity index (χ2n) is 2.55. The smallest absolute Gasteiger partial charge is 0.0618 e.